The third-order valence-electron chi connectivity index (χ3n) is 9.58. The van der Waals surface area contributed by atoms with E-state index in [1.165, 1.54) is 5.56 Å². The predicted octanol–water partition coefficient (Wildman–Crippen LogP) is 9.11. The zero-order valence-corrected chi connectivity index (χ0v) is 31.5. The topological polar surface area (TPSA) is 84.5 Å². The number of carbonyl (C=O) groups excluding carboxylic acids is 1. The van der Waals surface area contributed by atoms with Gasteiger partial charge in [-0.25, -0.2) is 4.79 Å². The van der Waals surface area contributed by atoms with Gasteiger partial charge < -0.3 is 33.7 Å². The predicted molar refractivity (Wildman–Crippen MR) is 201 cm³/mol. The number of carbonyl (C=O) groups is 1. The Morgan fingerprint density at radius 1 is 0.804 bits per heavy atom. The molecule has 1 N–H and O–H groups in total. The summed E-state index contributed by atoms with van der Waals surface area (Å²) < 4.78 is 38.0. The molecule has 1 unspecified atom stereocenters. The highest BCUT2D eigenvalue weighted by molar-refractivity contribution is 5.67. The quantitative estimate of drug-likeness (QED) is 0.0987. The molecule has 3 aromatic rings. The van der Waals surface area contributed by atoms with E-state index in [-0.39, 0.29) is 36.2 Å². The Hall–Kier alpha value is -3.27. The number of rotatable bonds is 23. The molecule has 280 valence electrons. The van der Waals surface area contributed by atoms with E-state index in [2.05, 4.69) is 62.5 Å². The minimum Gasteiger partial charge on any atom is -0.450 e. The molecule has 0 saturated carbocycles. The molecule has 7 atom stereocenters. The first-order valence-electron chi connectivity index (χ1n) is 18.9. The largest absolute Gasteiger partial charge is 0.450 e. The van der Waals surface area contributed by atoms with Crippen molar-refractivity contribution in [3.8, 4) is 0 Å². The minimum absolute atomic E-state index is 0.223. The third kappa shape index (κ3) is 14.3. The Morgan fingerprint density at radius 3 is 2.02 bits per heavy atom. The lowest BCUT2D eigenvalue weighted by molar-refractivity contribution is -0.241. The van der Waals surface area contributed by atoms with Gasteiger partial charge in [0, 0.05) is 33.1 Å². The van der Waals surface area contributed by atoms with Crippen LogP contribution >= 0.6 is 0 Å². The fourth-order valence-electron chi connectivity index (χ4n) is 6.91. The number of benzene rings is 3. The summed E-state index contributed by atoms with van der Waals surface area (Å²) in [4.78, 5) is 12.0. The minimum atomic E-state index is -0.824. The highest BCUT2D eigenvalue weighted by Gasteiger charge is 2.51. The van der Waals surface area contributed by atoms with Crippen LogP contribution in [0.3, 0.4) is 0 Å². The summed E-state index contributed by atoms with van der Waals surface area (Å²) in [5.74, 6) is 0.0343. The molecule has 1 aliphatic heterocycles. The van der Waals surface area contributed by atoms with Crippen molar-refractivity contribution >= 4 is 6.09 Å². The number of amides is 1. The van der Waals surface area contributed by atoms with E-state index < -0.39 is 5.79 Å². The molecular weight excluding hydrogens is 642 g/mol. The summed E-state index contributed by atoms with van der Waals surface area (Å²) in [6.07, 6.45) is 3.56. The maximum Gasteiger partial charge on any atom is 0.407 e. The van der Waals surface area contributed by atoms with Gasteiger partial charge in [-0.2, -0.15) is 0 Å². The van der Waals surface area contributed by atoms with E-state index in [0.29, 0.717) is 58.3 Å². The van der Waals surface area contributed by atoms with Crippen molar-refractivity contribution in [2.75, 3.05) is 26.9 Å². The van der Waals surface area contributed by atoms with Gasteiger partial charge in [0.05, 0.1) is 38.6 Å². The first kappa shape index (κ1) is 40.5. The van der Waals surface area contributed by atoms with Gasteiger partial charge in [0.15, 0.2) is 5.79 Å². The van der Waals surface area contributed by atoms with E-state index >= 15 is 0 Å². The van der Waals surface area contributed by atoms with Gasteiger partial charge in [-0.05, 0) is 60.1 Å². The van der Waals surface area contributed by atoms with Gasteiger partial charge >= 0.3 is 6.09 Å². The van der Waals surface area contributed by atoms with Crippen molar-refractivity contribution in [2.24, 2.45) is 17.8 Å². The molecule has 0 aromatic heterocycles. The second-order valence-electron chi connectivity index (χ2n) is 14.4. The Balaban J connectivity index is 1.46. The molecule has 1 aliphatic rings. The van der Waals surface area contributed by atoms with Crippen molar-refractivity contribution in [2.45, 2.75) is 110 Å². The Kier molecular flexibility index (Phi) is 17.4. The van der Waals surface area contributed by atoms with Gasteiger partial charge in [-0.15, -0.1) is 0 Å². The molecule has 8 nitrogen and oxygen atoms in total. The van der Waals surface area contributed by atoms with Crippen LogP contribution in [0.15, 0.2) is 91.0 Å². The maximum atomic E-state index is 12.0. The van der Waals surface area contributed by atoms with Gasteiger partial charge in [-0.3, -0.25) is 0 Å². The Bertz CT molecular complexity index is 1360. The van der Waals surface area contributed by atoms with Crippen LogP contribution in [-0.4, -0.2) is 57.1 Å². The van der Waals surface area contributed by atoms with Crippen LogP contribution < -0.4 is 5.32 Å². The summed E-state index contributed by atoms with van der Waals surface area (Å²) in [6, 6.07) is 30.9. The van der Waals surface area contributed by atoms with E-state index in [0.717, 1.165) is 36.8 Å². The van der Waals surface area contributed by atoms with Crippen LogP contribution in [0.4, 0.5) is 4.79 Å². The van der Waals surface area contributed by atoms with Crippen molar-refractivity contribution in [1.82, 2.24) is 5.32 Å². The SMILES string of the molecule is CCCOC(=O)NC[C@H](C)C[C@H](C)CC1(OC)C[C@@H](OCc2ccccc2)[C@@H]([C@@H](C[C@H](C)CCOCc2ccccc2)OCc2ccccc2)O1. The molecule has 1 fully saturated rings. The van der Waals surface area contributed by atoms with Crippen molar-refractivity contribution in [3.05, 3.63) is 108 Å². The summed E-state index contributed by atoms with van der Waals surface area (Å²) >= 11 is 0. The van der Waals surface area contributed by atoms with Crippen LogP contribution in [0.5, 0.6) is 0 Å². The molecule has 1 amide bonds. The van der Waals surface area contributed by atoms with Crippen molar-refractivity contribution in [1.29, 1.82) is 0 Å². The molecule has 0 bridgehead atoms. The maximum absolute atomic E-state index is 12.0. The molecule has 0 spiro atoms. The molecule has 4 rings (SSSR count). The van der Waals surface area contributed by atoms with Gasteiger partial charge in [0.2, 0.25) is 0 Å². The zero-order valence-electron chi connectivity index (χ0n) is 31.5. The van der Waals surface area contributed by atoms with Crippen molar-refractivity contribution in [3.63, 3.8) is 0 Å². The molecule has 8 heteroatoms. The summed E-state index contributed by atoms with van der Waals surface area (Å²) in [5, 5.41) is 2.90. The Labute approximate surface area is 306 Å². The van der Waals surface area contributed by atoms with Gasteiger partial charge in [0.1, 0.15) is 6.10 Å². The van der Waals surface area contributed by atoms with Crippen molar-refractivity contribution < 1.29 is 33.2 Å². The summed E-state index contributed by atoms with van der Waals surface area (Å²) in [6.45, 7) is 11.8. The fourth-order valence-corrected chi connectivity index (χ4v) is 6.91. The molecule has 0 aliphatic carbocycles. The third-order valence-corrected chi connectivity index (χ3v) is 9.58. The smallest absolute Gasteiger partial charge is 0.407 e. The molecular formula is C43H61NO7. The molecule has 51 heavy (non-hydrogen) atoms. The fraction of sp³-hybridized carbons (Fsp3) is 0.558. The first-order chi connectivity index (χ1) is 24.8. The Morgan fingerprint density at radius 2 is 1.41 bits per heavy atom. The van der Waals surface area contributed by atoms with Crippen LogP contribution in [0.25, 0.3) is 0 Å². The second kappa shape index (κ2) is 21.9. The molecule has 1 heterocycles. The van der Waals surface area contributed by atoms with Crippen LogP contribution in [0.2, 0.25) is 0 Å². The standard InChI is InChI=1S/C43H61NO7/c1-6-23-48-42(45)44-29-35(4)25-34(3)27-43(46-5)28-40(50-32-38-20-14-9-15-21-38)41(51-43)39(49-31-37-18-12-8-13-19-37)26-33(2)22-24-47-30-36-16-10-7-11-17-36/h7-21,33-35,39-41H,6,22-32H2,1-5H3,(H,44,45)/t33-,34+,35-,39-,40-,41-,43?/m1/s1. The lowest BCUT2D eigenvalue weighted by Gasteiger charge is -2.33. The first-order valence-corrected chi connectivity index (χ1v) is 18.9. The molecule has 3 aromatic carbocycles. The average Bonchev–Trinajstić information content (AvgIpc) is 3.51. The average molecular weight is 704 g/mol. The monoisotopic (exact) mass is 703 g/mol. The number of nitrogens with one attached hydrogen (secondary N) is 1. The molecule has 0 radical (unpaired) electrons. The number of hydrogen-bond acceptors (Lipinski definition) is 7. The summed E-state index contributed by atoms with van der Waals surface area (Å²) in [7, 11) is 1.74. The van der Waals surface area contributed by atoms with Crippen LogP contribution in [-0.2, 0) is 48.2 Å². The van der Waals surface area contributed by atoms with E-state index in [1.54, 1.807) is 7.11 Å². The van der Waals surface area contributed by atoms with Crippen LogP contribution in [0, 0.1) is 17.8 Å². The van der Waals surface area contributed by atoms with Gasteiger partial charge in [-0.1, -0.05) is 119 Å². The highest BCUT2D eigenvalue weighted by atomic mass is 16.7. The number of hydrogen-bond donors (Lipinski definition) is 1. The molecule has 1 saturated heterocycles. The normalized spacial score (nSPS) is 21.1. The van der Waals surface area contributed by atoms with Crippen LogP contribution in [0.1, 0.15) is 82.9 Å². The highest BCUT2D eigenvalue weighted by Crippen LogP contribution is 2.42. The van der Waals surface area contributed by atoms with E-state index in [4.69, 9.17) is 28.4 Å². The zero-order chi connectivity index (χ0) is 36.3. The van der Waals surface area contributed by atoms with E-state index in [9.17, 15) is 4.79 Å². The van der Waals surface area contributed by atoms with E-state index in [1.807, 2.05) is 61.5 Å². The number of ether oxygens (including phenoxy) is 6. The second-order valence-corrected chi connectivity index (χ2v) is 14.4. The lowest BCUT2D eigenvalue weighted by atomic mass is 9.89. The lowest BCUT2D eigenvalue weighted by Crippen LogP contribution is -2.40. The summed E-state index contributed by atoms with van der Waals surface area (Å²) in [5.41, 5.74) is 3.41. The van der Waals surface area contributed by atoms with Gasteiger partial charge in [0.25, 0.3) is 0 Å². The number of methoxy groups -OCH3 is 1. The number of alkyl carbamates (subject to hydrolysis) is 1.